The molecule has 1 aliphatic rings. The predicted molar refractivity (Wildman–Crippen MR) is 72.5 cm³/mol. The first kappa shape index (κ1) is 13.6. The predicted octanol–water partition coefficient (Wildman–Crippen LogP) is 2.48. The first-order valence-corrected chi connectivity index (χ1v) is 7.04. The third-order valence-electron chi connectivity index (χ3n) is 3.93. The van der Waals surface area contributed by atoms with Crippen molar-refractivity contribution < 1.29 is 4.74 Å². The van der Waals surface area contributed by atoms with Crippen LogP contribution >= 0.6 is 0 Å². The Kier molecular flexibility index (Phi) is 4.40. The summed E-state index contributed by atoms with van der Waals surface area (Å²) >= 11 is 0. The molecule has 0 amide bonds. The van der Waals surface area contributed by atoms with Crippen LogP contribution in [-0.2, 0) is 11.3 Å². The van der Waals surface area contributed by atoms with Gasteiger partial charge in [-0.1, -0.05) is 6.92 Å². The number of hydrogen-bond donors (Lipinski definition) is 1. The number of hydrogen-bond acceptors (Lipinski definition) is 3. The van der Waals surface area contributed by atoms with Gasteiger partial charge in [0.15, 0.2) is 0 Å². The van der Waals surface area contributed by atoms with E-state index in [9.17, 15) is 0 Å². The number of aromatic nitrogens is 2. The lowest BCUT2D eigenvalue weighted by molar-refractivity contribution is 0.0992. The topological polar surface area (TPSA) is 53.1 Å². The molecule has 18 heavy (non-hydrogen) atoms. The van der Waals surface area contributed by atoms with Crippen molar-refractivity contribution in [3.8, 4) is 0 Å². The van der Waals surface area contributed by atoms with E-state index in [0.29, 0.717) is 6.10 Å². The molecule has 4 nitrogen and oxygen atoms in total. The Morgan fingerprint density at radius 3 is 2.89 bits per heavy atom. The Hall–Kier alpha value is -0.870. The summed E-state index contributed by atoms with van der Waals surface area (Å²) in [6.45, 7) is 8.16. The molecule has 1 saturated heterocycles. The van der Waals surface area contributed by atoms with E-state index >= 15 is 0 Å². The average Bonchev–Trinajstić information content (AvgIpc) is 2.95. The molecule has 2 heterocycles. The van der Waals surface area contributed by atoms with Crippen molar-refractivity contribution in [1.82, 2.24) is 9.78 Å². The number of nitrogens with zero attached hydrogens (tertiary/aromatic N) is 2. The van der Waals surface area contributed by atoms with Gasteiger partial charge in [-0.05, 0) is 39.5 Å². The summed E-state index contributed by atoms with van der Waals surface area (Å²) in [6.07, 6.45) is 4.84. The van der Waals surface area contributed by atoms with Crippen LogP contribution in [0.1, 0.15) is 55.6 Å². The van der Waals surface area contributed by atoms with E-state index in [0.717, 1.165) is 31.7 Å². The summed E-state index contributed by atoms with van der Waals surface area (Å²) in [4.78, 5) is 0. The molecule has 2 unspecified atom stereocenters. The van der Waals surface area contributed by atoms with Crippen LogP contribution in [0.15, 0.2) is 0 Å². The molecule has 0 aliphatic carbocycles. The van der Waals surface area contributed by atoms with Crippen LogP contribution < -0.4 is 5.73 Å². The molecule has 102 valence electrons. The monoisotopic (exact) mass is 251 g/mol. The number of nitrogens with two attached hydrogens (primary N) is 1. The fraction of sp³-hybridized carbons (Fsp3) is 0.786. The summed E-state index contributed by atoms with van der Waals surface area (Å²) < 4.78 is 7.75. The smallest absolute Gasteiger partial charge is 0.0644 e. The maximum absolute atomic E-state index is 6.15. The molecule has 0 bridgehead atoms. The molecule has 2 N–H and O–H groups in total. The molecule has 0 saturated carbocycles. The van der Waals surface area contributed by atoms with Gasteiger partial charge in [-0.3, -0.25) is 4.68 Å². The minimum absolute atomic E-state index is 0.112. The molecule has 2 rings (SSSR count). The van der Waals surface area contributed by atoms with Gasteiger partial charge in [0, 0.05) is 30.5 Å². The lowest BCUT2D eigenvalue weighted by Gasteiger charge is -2.12. The molecule has 1 aromatic rings. The van der Waals surface area contributed by atoms with Gasteiger partial charge in [-0.2, -0.15) is 5.10 Å². The highest BCUT2D eigenvalue weighted by Crippen LogP contribution is 2.23. The molecule has 2 atom stereocenters. The molecule has 1 fully saturated rings. The summed E-state index contributed by atoms with van der Waals surface area (Å²) in [5.41, 5.74) is 9.68. The molecule has 4 heteroatoms. The highest BCUT2D eigenvalue weighted by molar-refractivity contribution is 5.27. The van der Waals surface area contributed by atoms with Crippen LogP contribution in [0.2, 0.25) is 0 Å². The first-order chi connectivity index (χ1) is 8.63. The standard InChI is InChI=1S/C14H25N3O/c1-4-13(15)14-10(2)16-17(11(14)3)8-7-12-6-5-9-18-12/h12-13H,4-9,15H2,1-3H3. The third kappa shape index (κ3) is 2.75. The number of aryl methyl sites for hydroxylation is 2. The lowest BCUT2D eigenvalue weighted by atomic mass is 10.0. The van der Waals surface area contributed by atoms with E-state index in [-0.39, 0.29) is 6.04 Å². The zero-order chi connectivity index (χ0) is 13.1. The quantitative estimate of drug-likeness (QED) is 0.874. The summed E-state index contributed by atoms with van der Waals surface area (Å²) in [6, 6.07) is 0.112. The Bertz CT molecular complexity index is 394. The fourth-order valence-electron chi connectivity index (χ4n) is 2.81. The Morgan fingerprint density at radius 2 is 2.28 bits per heavy atom. The fourth-order valence-corrected chi connectivity index (χ4v) is 2.81. The number of ether oxygens (including phenoxy) is 1. The maximum Gasteiger partial charge on any atom is 0.0644 e. The van der Waals surface area contributed by atoms with Gasteiger partial charge in [-0.15, -0.1) is 0 Å². The minimum atomic E-state index is 0.112. The van der Waals surface area contributed by atoms with Crippen molar-refractivity contribution in [2.75, 3.05) is 6.61 Å². The largest absolute Gasteiger partial charge is 0.378 e. The average molecular weight is 251 g/mol. The highest BCUT2D eigenvalue weighted by Gasteiger charge is 2.19. The van der Waals surface area contributed by atoms with Crippen molar-refractivity contribution in [3.05, 3.63) is 17.0 Å². The van der Waals surface area contributed by atoms with Crippen molar-refractivity contribution in [1.29, 1.82) is 0 Å². The van der Waals surface area contributed by atoms with E-state index in [2.05, 4.69) is 30.6 Å². The minimum Gasteiger partial charge on any atom is -0.378 e. The molecule has 1 aliphatic heterocycles. The van der Waals surface area contributed by atoms with E-state index in [1.165, 1.54) is 24.1 Å². The van der Waals surface area contributed by atoms with E-state index < -0.39 is 0 Å². The second-order valence-electron chi connectivity index (χ2n) is 5.25. The maximum atomic E-state index is 6.15. The summed E-state index contributed by atoms with van der Waals surface area (Å²) in [5, 5.41) is 4.62. The SMILES string of the molecule is CCC(N)c1c(C)nn(CCC2CCCO2)c1C. The zero-order valence-electron chi connectivity index (χ0n) is 11.8. The molecule has 0 spiro atoms. The Morgan fingerprint density at radius 1 is 1.50 bits per heavy atom. The molecular weight excluding hydrogens is 226 g/mol. The second-order valence-corrected chi connectivity index (χ2v) is 5.25. The molecular formula is C14H25N3O. The van der Waals surface area contributed by atoms with E-state index in [1.54, 1.807) is 0 Å². The van der Waals surface area contributed by atoms with Crippen molar-refractivity contribution in [2.45, 2.75) is 65.1 Å². The summed E-state index contributed by atoms with van der Waals surface area (Å²) in [5.74, 6) is 0. The second kappa shape index (κ2) is 5.85. The van der Waals surface area contributed by atoms with Gasteiger partial charge in [0.2, 0.25) is 0 Å². The van der Waals surface area contributed by atoms with Crippen LogP contribution in [-0.4, -0.2) is 22.5 Å². The van der Waals surface area contributed by atoms with Crippen LogP contribution in [0.25, 0.3) is 0 Å². The van der Waals surface area contributed by atoms with E-state index in [1.807, 2.05) is 0 Å². The molecule has 1 aromatic heterocycles. The van der Waals surface area contributed by atoms with Crippen molar-refractivity contribution in [3.63, 3.8) is 0 Å². The summed E-state index contributed by atoms with van der Waals surface area (Å²) in [7, 11) is 0. The van der Waals surface area contributed by atoms with E-state index in [4.69, 9.17) is 10.5 Å². The van der Waals surface area contributed by atoms with Crippen LogP contribution in [0.3, 0.4) is 0 Å². The van der Waals surface area contributed by atoms with Gasteiger partial charge < -0.3 is 10.5 Å². The van der Waals surface area contributed by atoms with Gasteiger partial charge in [0.05, 0.1) is 11.8 Å². The highest BCUT2D eigenvalue weighted by atomic mass is 16.5. The van der Waals surface area contributed by atoms with Gasteiger partial charge in [0.1, 0.15) is 0 Å². The van der Waals surface area contributed by atoms with Gasteiger partial charge in [0.25, 0.3) is 0 Å². The van der Waals surface area contributed by atoms with Crippen molar-refractivity contribution in [2.24, 2.45) is 5.73 Å². The van der Waals surface area contributed by atoms with Gasteiger partial charge in [-0.25, -0.2) is 0 Å². The normalized spacial score (nSPS) is 21.4. The van der Waals surface area contributed by atoms with Crippen LogP contribution in [0.5, 0.6) is 0 Å². The van der Waals surface area contributed by atoms with Crippen LogP contribution in [0.4, 0.5) is 0 Å². The third-order valence-corrected chi connectivity index (χ3v) is 3.93. The van der Waals surface area contributed by atoms with Crippen LogP contribution in [0, 0.1) is 13.8 Å². The molecule has 0 radical (unpaired) electrons. The Labute approximate surface area is 110 Å². The van der Waals surface area contributed by atoms with Crippen molar-refractivity contribution >= 4 is 0 Å². The Balaban J connectivity index is 2.04. The first-order valence-electron chi connectivity index (χ1n) is 7.04. The molecule has 0 aromatic carbocycles. The lowest BCUT2D eigenvalue weighted by Crippen LogP contribution is -2.13. The number of rotatable bonds is 5. The zero-order valence-corrected chi connectivity index (χ0v) is 11.8. The van der Waals surface area contributed by atoms with Gasteiger partial charge >= 0.3 is 0 Å².